The molecule has 0 heterocycles. The normalized spacial score (nSPS) is 10.7. The van der Waals surface area contributed by atoms with Crippen LogP contribution >= 0.6 is 0 Å². The van der Waals surface area contributed by atoms with Gasteiger partial charge in [0.25, 0.3) is 0 Å². The summed E-state index contributed by atoms with van der Waals surface area (Å²) < 4.78 is 6.45. The number of aliphatic hydroxyl groups excluding tert-OH is 1. The lowest BCUT2D eigenvalue weighted by atomic mass is 9.91. The first-order valence-corrected chi connectivity index (χ1v) is 9.83. The van der Waals surface area contributed by atoms with E-state index in [4.69, 9.17) is 4.74 Å². The lowest BCUT2D eigenvalue weighted by molar-refractivity contribution is 0.297. The average Bonchev–Trinajstić information content (AvgIpc) is 2.80. The Hall–Kier alpha value is -3.36. The smallest absolute Gasteiger partial charge is 0.135 e. The molecule has 0 fully saturated rings. The maximum Gasteiger partial charge on any atom is 0.135 e. The zero-order valence-corrected chi connectivity index (χ0v) is 16.2. The van der Waals surface area contributed by atoms with Crippen LogP contribution in [-0.2, 0) is 13.0 Å². The van der Waals surface area contributed by atoms with Crippen LogP contribution in [0.15, 0.2) is 97.1 Å². The summed E-state index contributed by atoms with van der Waals surface area (Å²) in [5.74, 6) is 0.827. The molecule has 0 aromatic heterocycles. The van der Waals surface area contributed by atoms with Crippen molar-refractivity contribution in [1.29, 1.82) is 0 Å². The van der Waals surface area contributed by atoms with Crippen molar-refractivity contribution in [2.75, 3.05) is 6.61 Å². The van der Waals surface area contributed by atoms with Crippen LogP contribution in [0.3, 0.4) is 0 Å². The molecule has 0 aliphatic heterocycles. The van der Waals surface area contributed by atoms with E-state index in [9.17, 15) is 5.11 Å². The highest BCUT2D eigenvalue weighted by Crippen LogP contribution is 2.41. The van der Waals surface area contributed by atoms with Gasteiger partial charge in [0.05, 0.1) is 0 Å². The Kier molecular flexibility index (Phi) is 6.04. The molecule has 1 radical (unpaired) electrons. The molecule has 2 heteroatoms. The van der Waals surface area contributed by atoms with Gasteiger partial charge in [0.15, 0.2) is 0 Å². The van der Waals surface area contributed by atoms with Gasteiger partial charge in [-0.05, 0) is 40.8 Å². The van der Waals surface area contributed by atoms with E-state index in [-0.39, 0.29) is 6.61 Å². The highest BCUT2D eigenvalue weighted by Gasteiger charge is 2.18. The Labute approximate surface area is 172 Å². The molecule has 4 aromatic carbocycles. The number of aliphatic hydroxyl groups is 1. The zero-order chi connectivity index (χ0) is 19.9. The van der Waals surface area contributed by atoms with Gasteiger partial charge >= 0.3 is 0 Å². The first-order chi connectivity index (χ1) is 14.4. The number of rotatable bonds is 7. The van der Waals surface area contributed by atoms with Gasteiger partial charge < -0.3 is 9.84 Å². The van der Waals surface area contributed by atoms with Crippen LogP contribution in [0.25, 0.3) is 22.3 Å². The summed E-state index contributed by atoms with van der Waals surface area (Å²) in [4.78, 5) is 0. The topological polar surface area (TPSA) is 29.5 Å². The van der Waals surface area contributed by atoms with Crippen molar-refractivity contribution in [2.45, 2.75) is 13.0 Å². The van der Waals surface area contributed by atoms with Crippen LogP contribution in [0.1, 0.15) is 11.1 Å². The lowest BCUT2D eigenvalue weighted by Crippen LogP contribution is -2.03. The number of benzene rings is 4. The van der Waals surface area contributed by atoms with E-state index in [0.717, 1.165) is 39.1 Å². The summed E-state index contributed by atoms with van der Waals surface area (Å²) in [5, 5.41) is 9.62. The minimum atomic E-state index is 0.0686. The Bertz CT molecular complexity index is 1040. The molecule has 29 heavy (non-hydrogen) atoms. The van der Waals surface area contributed by atoms with E-state index in [1.807, 2.05) is 60.7 Å². The highest BCUT2D eigenvalue weighted by atomic mass is 16.5. The van der Waals surface area contributed by atoms with Gasteiger partial charge in [-0.15, -0.1) is 0 Å². The van der Waals surface area contributed by atoms with Crippen molar-refractivity contribution in [2.24, 2.45) is 0 Å². The number of hydrogen-bond acceptors (Lipinski definition) is 2. The second-order valence-electron chi connectivity index (χ2n) is 6.86. The van der Waals surface area contributed by atoms with Gasteiger partial charge in [-0.25, -0.2) is 0 Å². The van der Waals surface area contributed by atoms with Crippen LogP contribution in [0, 0.1) is 6.07 Å². The summed E-state index contributed by atoms with van der Waals surface area (Å²) in [7, 11) is 0. The van der Waals surface area contributed by atoms with Crippen LogP contribution in [0.4, 0.5) is 0 Å². The maximum absolute atomic E-state index is 9.62. The molecule has 0 spiro atoms. The molecular weight excluding hydrogens is 356 g/mol. The summed E-state index contributed by atoms with van der Waals surface area (Å²) in [6, 6.07) is 36.0. The third-order valence-electron chi connectivity index (χ3n) is 4.90. The van der Waals surface area contributed by atoms with Gasteiger partial charge in [-0.1, -0.05) is 91.0 Å². The molecule has 0 saturated heterocycles. The molecule has 0 unspecified atom stereocenters. The van der Waals surface area contributed by atoms with Crippen molar-refractivity contribution in [3.63, 3.8) is 0 Å². The summed E-state index contributed by atoms with van der Waals surface area (Å²) in [5.41, 5.74) is 6.22. The molecular formula is C27H23O2. The Morgan fingerprint density at radius 2 is 1.31 bits per heavy atom. The van der Waals surface area contributed by atoms with Gasteiger partial charge in [0, 0.05) is 17.7 Å². The van der Waals surface area contributed by atoms with E-state index >= 15 is 0 Å². The first kappa shape index (κ1) is 19.0. The molecule has 143 valence electrons. The van der Waals surface area contributed by atoms with Crippen LogP contribution in [0.2, 0.25) is 0 Å². The Morgan fingerprint density at radius 1 is 0.724 bits per heavy atom. The average molecular weight is 379 g/mol. The Balaban J connectivity index is 1.87. The lowest BCUT2D eigenvalue weighted by Gasteiger charge is -2.20. The fourth-order valence-corrected chi connectivity index (χ4v) is 3.50. The van der Waals surface area contributed by atoms with Gasteiger partial charge in [0.1, 0.15) is 12.4 Å². The standard InChI is InChI=1S/C27H23O2/c28-19-18-24-16-17-25(22-12-6-2-7-13-22)27(26(24)23-14-8-3-9-15-23)29-20-21-10-4-1-5-11-21/h1-15,17,28H,18-20H2. The maximum atomic E-state index is 9.62. The fourth-order valence-electron chi connectivity index (χ4n) is 3.50. The molecule has 0 saturated carbocycles. The summed E-state index contributed by atoms with van der Waals surface area (Å²) in [6.45, 7) is 0.544. The third-order valence-corrected chi connectivity index (χ3v) is 4.90. The van der Waals surface area contributed by atoms with Crippen molar-refractivity contribution < 1.29 is 9.84 Å². The first-order valence-electron chi connectivity index (χ1n) is 9.83. The number of hydrogen-bond donors (Lipinski definition) is 1. The molecule has 0 atom stereocenters. The fraction of sp³-hybridized carbons (Fsp3) is 0.111. The van der Waals surface area contributed by atoms with E-state index in [0.29, 0.717) is 13.0 Å². The van der Waals surface area contributed by atoms with Gasteiger partial charge in [-0.2, -0.15) is 0 Å². The molecule has 1 N–H and O–H groups in total. The summed E-state index contributed by atoms with van der Waals surface area (Å²) in [6.07, 6.45) is 0.529. The van der Waals surface area contributed by atoms with Crippen molar-refractivity contribution in [3.8, 4) is 28.0 Å². The number of ether oxygens (including phenoxy) is 1. The quantitative estimate of drug-likeness (QED) is 0.431. The molecule has 4 rings (SSSR count). The highest BCUT2D eigenvalue weighted by molar-refractivity contribution is 5.84. The largest absolute Gasteiger partial charge is 0.488 e. The second kappa shape index (κ2) is 9.22. The van der Waals surface area contributed by atoms with Crippen LogP contribution in [-0.4, -0.2) is 11.7 Å². The summed E-state index contributed by atoms with van der Waals surface area (Å²) >= 11 is 0. The monoisotopic (exact) mass is 379 g/mol. The zero-order valence-electron chi connectivity index (χ0n) is 16.2. The van der Waals surface area contributed by atoms with Gasteiger partial charge in [-0.3, -0.25) is 0 Å². The van der Waals surface area contributed by atoms with Crippen molar-refractivity contribution in [1.82, 2.24) is 0 Å². The second-order valence-corrected chi connectivity index (χ2v) is 6.86. The predicted octanol–water partition coefficient (Wildman–Crippen LogP) is 5.93. The van der Waals surface area contributed by atoms with E-state index in [1.165, 1.54) is 0 Å². The molecule has 4 aromatic rings. The van der Waals surface area contributed by atoms with Crippen LogP contribution in [0.5, 0.6) is 5.75 Å². The third kappa shape index (κ3) is 4.39. The molecule has 0 aliphatic rings. The molecule has 0 aliphatic carbocycles. The molecule has 2 nitrogen and oxygen atoms in total. The van der Waals surface area contributed by atoms with Gasteiger partial charge in [0.2, 0.25) is 0 Å². The van der Waals surface area contributed by atoms with E-state index < -0.39 is 0 Å². The SMILES string of the molecule is OCCc1[c]cc(-c2ccccc2)c(OCc2ccccc2)c1-c1ccccc1. The predicted molar refractivity (Wildman–Crippen MR) is 118 cm³/mol. The van der Waals surface area contributed by atoms with E-state index in [2.05, 4.69) is 42.5 Å². The van der Waals surface area contributed by atoms with Crippen molar-refractivity contribution >= 4 is 0 Å². The van der Waals surface area contributed by atoms with Crippen molar-refractivity contribution in [3.05, 3.63) is 114 Å². The minimum absolute atomic E-state index is 0.0686. The molecule has 0 bridgehead atoms. The molecule has 0 amide bonds. The van der Waals surface area contributed by atoms with E-state index in [1.54, 1.807) is 0 Å². The van der Waals surface area contributed by atoms with Crippen LogP contribution < -0.4 is 4.74 Å². The Morgan fingerprint density at radius 3 is 1.93 bits per heavy atom. The minimum Gasteiger partial charge on any atom is -0.488 e.